The molecule has 6 heteroatoms. The van der Waals surface area contributed by atoms with E-state index in [9.17, 15) is 4.79 Å². The van der Waals surface area contributed by atoms with E-state index in [-0.39, 0.29) is 17.6 Å². The number of pyridine rings is 1. The minimum atomic E-state index is -0.351. The molecule has 1 amide bonds. The van der Waals surface area contributed by atoms with Crippen LogP contribution in [0.25, 0.3) is 0 Å². The molecule has 1 atom stereocenters. The van der Waals surface area contributed by atoms with E-state index in [1.807, 2.05) is 45.3 Å². The third kappa shape index (κ3) is 3.59. The van der Waals surface area contributed by atoms with Crippen molar-refractivity contribution in [3.8, 4) is 0 Å². The second kappa shape index (κ2) is 6.89. The van der Waals surface area contributed by atoms with Crippen LogP contribution in [-0.4, -0.2) is 58.2 Å². The quantitative estimate of drug-likeness (QED) is 0.848. The van der Waals surface area contributed by atoms with Gasteiger partial charge in [0.25, 0.3) is 5.91 Å². The van der Waals surface area contributed by atoms with Gasteiger partial charge in [-0.05, 0) is 45.4 Å². The van der Waals surface area contributed by atoms with Gasteiger partial charge in [0.15, 0.2) is 5.60 Å². The van der Waals surface area contributed by atoms with Crippen molar-refractivity contribution in [3.05, 3.63) is 30.1 Å². The van der Waals surface area contributed by atoms with Crippen LogP contribution in [0.1, 0.15) is 38.8 Å². The van der Waals surface area contributed by atoms with Crippen molar-refractivity contribution in [1.82, 2.24) is 14.8 Å². The summed E-state index contributed by atoms with van der Waals surface area (Å²) >= 11 is 0. The van der Waals surface area contributed by atoms with E-state index in [0.29, 0.717) is 12.1 Å². The van der Waals surface area contributed by atoms with Crippen molar-refractivity contribution >= 4 is 11.6 Å². The highest BCUT2D eigenvalue weighted by molar-refractivity contribution is 6.39. The number of hydrogen-bond acceptors (Lipinski definition) is 5. The fraction of sp³-hybridized carbons (Fsp3) is 0.611. The Kier molecular flexibility index (Phi) is 4.85. The maximum Gasteiger partial charge on any atom is 0.271 e. The predicted molar refractivity (Wildman–Crippen MR) is 92.5 cm³/mol. The number of oxime groups is 1. The largest absolute Gasteiger partial charge is 0.387 e. The van der Waals surface area contributed by atoms with Gasteiger partial charge >= 0.3 is 0 Å². The van der Waals surface area contributed by atoms with Crippen LogP contribution < -0.4 is 0 Å². The lowest BCUT2D eigenvalue weighted by Crippen LogP contribution is -2.49. The molecule has 24 heavy (non-hydrogen) atoms. The average molecular weight is 330 g/mol. The molecule has 3 heterocycles. The molecule has 0 saturated carbocycles. The monoisotopic (exact) mass is 330 g/mol. The van der Waals surface area contributed by atoms with E-state index in [1.165, 1.54) is 0 Å². The molecule has 0 N–H and O–H groups in total. The first-order valence-electron chi connectivity index (χ1n) is 8.64. The molecule has 2 aliphatic heterocycles. The maximum absolute atomic E-state index is 12.5. The molecular weight excluding hydrogens is 304 g/mol. The summed E-state index contributed by atoms with van der Waals surface area (Å²) in [6, 6.07) is 6.14. The maximum atomic E-state index is 12.5. The molecule has 6 nitrogen and oxygen atoms in total. The highest BCUT2D eigenvalue weighted by Gasteiger charge is 2.45. The summed E-state index contributed by atoms with van der Waals surface area (Å²) in [5.74, 6) is -0.0243. The van der Waals surface area contributed by atoms with Crippen LogP contribution in [-0.2, 0) is 16.2 Å². The van der Waals surface area contributed by atoms with Crippen molar-refractivity contribution in [2.45, 2.75) is 51.3 Å². The molecule has 1 aromatic heterocycles. The third-order valence-corrected chi connectivity index (χ3v) is 4.91. The molecule has 1 spiro atoms. The van der Waals surface area contributed by atoms with Crippen molar-refractivity contribution < 1.29 is 9.63 Å². The number of hydrogen-bond donors (Lipinski definition) is 0. The van der Waals surface area contributed by atoms with Crippen LogP contribution in [0.2, 0.25) is 0 Å². The van der Waals surface area contributed by atoms with Crippen molar-refractivity contribution in [1.29, 1.82) is 0 Å². The van der Waals surface area contributed by atoms with Gasteiger partial charge in [0.05, 0.1) is 5.69 Å². The van der Waals surface area contributed by atoms with E-state index >= 15 is 0 Å². The van der Waals surface area contributed by atoms with Gasteiger partial charge in [-0.2, -0.15) is 0 Å². The topological polar surface area (TPSA) is 58.0 Å². The normalized spacial score (nSPS) is 24.1. The van der Waals surface area contributed by atoms with Crippen molar-refractivity contribution in [3.63, 3.8) is 0 Å². The fourth-order valence-electron chi connectivity index (χ4n) is 3.34. The van der Waals surface area contributed by atoms with E-state index in [2.05, 4.69) is 15.0 Å². The Morgan fingerprint density at radius 2 is 2.29 bits per heavy atom. The van der Waals surface area contributed by atoms with Gasteiger partial charge in [0, 0.05) is 38.8 Å². The van der Waals surface area contributed by atoms with E-state index in [0.717, 1.165) is 38.2 Å². The van der Waals surface area contributed by atoms with Crippen LogP contribution in [0.4, 0.5) is 0 Å². The van der Waals surface area contributed by atoms with Crippen molar-refractivity contribution in [2.24, 2.45) is 5.16 Å². The Morgan fingerprint density at radius 1 is 1.46 bits per heavy atom. The van der Waals surface area contributed by atoms with Crippen LogP contribution in [0.5, 0.6) is 0 Å². The third-order valence-electron chi connectivity index (χ3n) is 4.91. The molecule has 1 aromatic rings. The highest BCUT2D eigenvalue weighted by Crippen LogP contribution is 2.34. The Labute approximate surface area is 143 Å². The molecule has 0 aromatic carbocycles. The van der Waals surface area contributed by atoms with Gasteiger partial charge in [-0.25, -0.2) is 0 Å². The van der Waals surface area contributed by atoms with Gasteiger partial charge in [0.1, 0.15) is 5.71 Å². The molecule has 0 bridgehead atoms. The summed E-state index contributed by atoms with van der Waals surface area (Å²) in [6.07, 6.45) is 4.41. The van der Waals surface area contributed by atoms with Gasteiger partial charge in [0.2, 0.25) is 0 Å². The summed E-state index contributed by atoms with van der Waals surface area (Å²) < 4.78 is 0. The number of carbonyl (C=O) groups is 1. The fourth-order valence-corrected chi connectivity index (χ4v) is 3.34. The smallest absolute Gasteiger partial charge is 0.271 e. The molecular formula is C18H26N4O2. The lowest BCUT2D eigenvalue weighted by Gasteiger charge is -2.38. The lowest BCUT2D eigenvalue weighted by atomic mass is 9.88. The van der Waals surface area contributed by atoms with Crippen LogP contribution in [0, 0.1) is 0 Å². The summed E-state index contributed by atoms with van der Waals surface area (Å²) in [4.78, 5) is 26.7. The Bertz CT molecular complexity index is 617. The predicted octanol–water partition coefficient (Wildman–Crippen LogP) is 2.06. The number of piperidine rings is 1. The summed E-state index contributed by atoms with van der Waals surface area (Å²) in [7, 11) is 1.81. The SMILES string of the molecule is CC(C)N(C)C(=O)C1=NOC2(CCCN(Cc3ccccn3)C2)C1. The molecule has 1 fully saturated rings. The highest BCUT2D eigenvalue weighted by atomic mass is 16.7. The minimum absolute atomic E-state index is 0.0243. The minimum Gasteiger partial charge on any atom is -0.387 e. The molecule has 130 valence electrons. The van der Waals surface area contributed by atoms with Gasteiger partial charge in [-0.15, -0.1) is 0 Å². The first-order chi connectivity index (χ1) is 11.5. The molecule has 2 aliphatic rings. The first-order valence-corrected chi connectivity index (χ1v) is 8.64. The summed E-state index contributed by atoms with van der Waals surface area (Å²) in [6.45, 7) is 6.62. The second-order valence-electron chi connectivity index (χ2n) is 7.13. The van der Waals surface area contributed by atoms with Crippen molar-refractivity contribution in [2.75, 3.05) is 20.1 Å². The van der Waals surface area contributed by atoms with Gasteiger partial charge in [-0.1, -0.05) is 11.2 Å². The average Bonchev–Trinajstić information content (AvgIpc) is 2.97. The van der Waals surface area contributed by atoms with E-state index in [1.54, 1.807) is 4.90 Å². The number of carbonyl (C=O) groups excluding carboxylic acids is 1. The van der Waals surface area contributed by atoms with Gasteiger partial charge in [-0.3, -0.25) is 14.7 Å². The second-order valence-corrected chi connectivity index (χ2v) is 7.13. The summed E-state index contributed by atoms with van der Waals surface area (Å²) in [5.41, 5.74) is 1.26. The lowest BCUT2D eigenvalue weighted by molar-refractivity contribution is -0.124. The van der Waals surface area contributed by atoms with Crippen LogP contribution in [0.15, 0.2) is 29.6 Å². The number of nitrogens with zero attached hydrogens (tertiary/aromatic N) is 4. The zero-order valence-electron chi connectivity index (χ0n) is 14.7. The van der Waals surface area contributed by atoms with Gasteiger partial charge < -0.3 is 9.74 Å². The van der Waals surface area contributed by atoms with E-state index < -0.39 is 0 Å². The Balaban J connectivity index is 1.62. The Hall–Kier alpha value is -1.95. The number of likely N-dealkylation sites (tertiary alicyclic amines) is 1. The Morgan fingerprint density at radius 3 is 3.00 bits per heavy atom. The zero-order chi connectivity index (χ0) is 17.2. The van der Waals surface area contributed by atoms with E-state index in [4.69, 9.17) is 4.84 Å². The number of aromatic nitrogens is 1. The molecule has 1 saturated heterocycles. The number of rotatable bonds is 4. The number of amides is 1. The first kappa shape index (κ1) is 16.9. The van der Waals surface area contributed by atoms with Crippen LogP contribution in [0.3, 0.4) is 0 Å². The standard InChI is InChI=1S/C18H26N4O2/c1-14(2)21(3)17(23)16-11-18(24-20-16)8-6-10-22(13-18)12-15-7-4-5-9-19-15/h4-5,7,9,14H,6,8,10-13H2,1-3H3. The van der Waals surface area contributed by atoms with Crippen LogP contribution >= 0.6 is 0 Å². The molecule has 0 radical (unpaired) electrons. The zero-order valence-corrected chi connectivity index (χ0v) is 14.7. The molecule has 3 rings (SSSR count). The molecule has 1 unspecified atom stereocenters. The summed E-state index contributed by atoms with van der Waals surface area (Å²) in [5, 5.41) is 4.14. The molecule has 0 aliphatic carbocycles.